The molecular weight excluding hydrogens is 192 g/mol. The Kier molecular flexibility index (Phi) is 2.53. The second kappa shape index (κ2) is 3.48. The van der Waals surface area contributed by atoms with E-state index in [1.807, 2.05) is 20.8 Å². The predicted octanol–water partition coefficient (Wildman–Crippen LogP) is 2.84. The van der Waals surface area contributed by atoms with Gasteiger partial charge in [0, 0.05) is 0 Å². The highest BCUT2D eigenvalue weighted by Crippen LogP contribution is 2.54. The van der Waals surface area contributed by atoms with Gasteiger partial charge in [0.15, 0.2) is 0 Å². The van der Waals surface area contributed by atoms with E-state index in [0.717, 1.165) is 25.2 Å². The lowest BCUT2D eigenvalue weighted by molar-refractivity contribution is -0.326. The Morgan fingerprint density at radius 1 is 1.27 bits per heavy atom. The normalized spacial score (nSPS) is 34.5. The summed E-state index contributed by atoms with van der Waals surface area (Å²) in [5.41, 5.74) is -0.612. The van der Waals surface area contributed by atoms with Crippen LogP contribution in [-0.4, -0.2) is 11.6 Å². The van der Waals surface area contributed by atoms with Crippen LogP contribution < -0.4 is 0 Å². The SMILES string of the molecule is CC(C)(C)OOC(=O)C12CCC(CC1)C2. The topological polar surface area (TPSA) is 35.5 Å². The number of fused-ring (bicyclic) bond motifs is 2. The Morgan fingerprint density at radius 3 is 2.27 bits per heavy atom. The fourth-order valence-electron chi connectivity index (χ4n) is 2.73. The maximum Gasteiger partial charge on any atom is 0.348 e. The molecule has 0 atom stereocenters. The molecule has 0 amide bonds. The average Bonchev–Trinajstić information content (AvgIpc) is 2.73. The number of carbonyl (C=O) groups excluding carboxylic acids is 1. The van der Waals surface area contributed by atoms with Crippen molar-refractivity contribution in [2.45, 2.75) is 58.5 Å². The molecule has 0 aliphatic heterocycles. The van der Waals surface area contributed by atoms with Crippen LogP contribution in [0.25, 0.3) is 0 Å². The molecular formula is C12H20O3. The van der Waals surface area contributed by atoms with Gasteiger partial charge < -0.3 is 0 Å². The van der Waals surface area contributed by atoms with E-state index in [9.17, 15) is 4.79 Å². The fourth-order valence-corrected chi connectivity index (χ4v) is 2.73. The van der Waals surface area contributed by atoms with Crippen molar-refractivity contribution >= 4 is 5.97 Å². The van der Waals surface area contributed by atoms with Crippen molar-refractivity contribution in [3.63, 3.8) is 0 Å². The van der Waals surface area contributed by atoms with Gasteiger partial charge in [0.1, 0.15) is 5.60 Å². The molecule has 0 heterocycles. The van der Waals surface area contributed by atoms with Crippen molar-refractivity contribution in [1.29, 1.82) is 0 Å². The molecule has 2 aliphatic carbocycles. The first kappa shape index (κ1) is 10.9. The van der Waals surface area contributed by atoms with Crippen LogP contribution in [-0.2, 0) is 14.6 Å². The molecule has 3 nitrogen and oxygen atoms in total. The number of hydrogen-bond donors (Lipinski definition) is 0. The Bertz CT molecular complexity index is 257. The summed E-state index contributed by atoms with van der Waals surface area (Å²) < 4.78 is 0. The largest absolute Gasteiger partial charge is 0.348 e. The summed E-state index contributed by atoms with van der Waals surface area (Å²) in [5.74, 6) is 0.615. The molecule has 0 spiro atoms. The van der Waals surface area contributed by atoms with Gasteiger partial charge in [-0.05, 0) is 58.8 Å². The van der Waals surface area contributed by atoms with Gasteiger partial charge in [0.05, 0.1) is 5.41 Å². The van der Waals surface area contributed by atoms with Gasteiger partial charge in [-0.2, -0.15) is 4.89 Å². The molecule has 2 bridgehead atoms. The van der Waals surface area contributed by atoms with Crippen LogP contribution in [0, 0.1) is 11.3 Å². The first-order valence-corrected chi connectivity index (χ1v) is 5.81. The number of carbonyl (C=O) groups is 1. The molecule has 0 saturated heterocycles. The first-order valence-electron chi connectivity index (χ1n) is 5.81. The number of hydrogen-bond acceptors (Lipinski definition) is 3. The third-order valence-corrected chi connectivity index (χ3v) is 3.54. The van der Waals surface area contributed by atoms with Crippen molar-refractivity contribution in [2.75, 3.05) is 0 Å². The van der Waals surface area contributed by atoms with Crippen LogP contribution in [0.15, 0.2) is 0 Å². The summed E-state index contributed by atoms with van der Waals surface area (Å²) in [7, 11) is 0. The molecule has 2 saturated carbocycles. The van der Waals surface area contributed by atoms with Crippen molar-refractivity contribution in [3.05, 3.63) is 0 Å². The lowest BCUT2D eigenvalue weighted by Gasteiger charge is -2.25. The van der Waals surface area contributed by atoms with Gasteiger partial charge >= 0.3 is 5.97 Å². The van der Waals surface area contributed by atoms with E-state index in [4.69, 9.17) is 9.78 Å². The minimum Gasteiger partial charge on any atom is -0.297 e. The van der Waals surface area contributed by atoms with Gasteiger partial charge in [0.2, 0.25) is 0 Å². The molecule has 0 aromatic carbocycles. The second-order valence-electron chi connectivity index (χ2n) is 5.99. The maximum atomic E-state index is 11.9. The Morgan fingerprint density at radius 2 is 1.87 bits per heavy atom. The molecule has 0 N–H and O–H groups in total. The van der Waals surface area contributed by atoms with Gasteiger partial charge in [0.25, 0.3) is 0 Å². The molecule has 0 unspecified atom stereocenters. The van der Waals surface area contributed by atoms with Crippen LogP contribution >= 0.6 is 0 Å². The third-order valence-electron chi connectivity index (χ3n) is 3.54. The Hall–Kier alpha value is -0.570. The summed E-state index contributed by atoms with van der Waals surface area (Å²) in [6, 6.07) is 0. The molecule has 2 rings (SSSR count). The zero-order valence-corrected chi connectivity index (χ0v) is 9.84. The molecule has 86 valence electrons. The summed E-state index contributed by atoms with van der Waals surface area (Å²) in [5, 5.41) is 0. The zero-order chi connectivity index (χ0) is 11.1. The average molecular weight is 212 g/mol. The summed E-state index contributed by atoms with van der Waals surface area (Å²) >= 11 is 0. The molecule has 15 heavy (non-hydrogen) atoms. The first-order chi connectivity index (χ1) is 6.91. The quantitative estimate of drug-likeness (QED) is 0.521. The molecule has 3 heteroatoms. The van der Waals surface area contributed by atoms with Crippen molar-refractivity contribution < 1.29 is 14.6 Å². The zero-order valence-electron chi connectivity index (χ0n) is 9.84. The predicted molar refractivity (Wildman–Crippen MR) is 55.9 cm³/mol. The van der Waals surface area contributed by atoms with Gasteiger partial charge in [-0.25, -0.2) is 4.79 Å². The monoisotopic (exact) mass is 212 g/mol. The standard InChI is InChI=1S/C12H20O3/c1-11(2,3)15-14-10(13)12-6-4-9(8-12)5-7-12/h9H,4-8H2,1-3H3. The van der Waals surface area contributed by atoms with Gasteiger partial charge in [-0.15, -0.1) is 0 Å². The Labute approximate surface area is 91.1 Å². The lowest BCUT2D eigenvalue weighted by atomic mass is 9.85. The summed E-state index contributed by atoms with van der Waals surface area (Å²) in [4.78, 5) is 22.0. The van der Waals surface area contributed by atoms with Crippen molar-refractivity contribution in [3.8, 4) is 0 Å². The van der Waals surface area contributed by atoms with E-state index >= 15 is 0 Å². The van der Waals surface area contributed by atoms with Crippen molar-refractivity contribution in [1.82, 2.24) is 0 Å². The lowest BCUT2D eigenvalue weighted by Crippen LogP contribution is -2.31. The van der Waals surface area contributed by atoms with Crippen LogP contribution in [0.4, 0.5) is 0 Å². The minimum absolute atomic E-state index is 0.141. The van der Waals surface area contributed by atoms with Crippen LogP contribution in [0.3, 0.4) is 0 Å². The van der Waals surface area contributed by atoms with Crippen LogP contribution in [0.5, 0.6) is 0 Å². The van der Waals surface area contributed by atoms with E-state index in [1.165, 1.54) is 12.8 Å². The van der Waals surface area contributed by atoms with Crippen LogP contribution in [0.2, 0.25) is 0 Å². The third kappa shape index (κ3) is 2.17. The molecule has 0 aromatic rings. The fraction of sp³-hybridized carbons (Fsp3) is 0.917. The maximum absolute atomic E-state index is 11.9. The molecule has 2 aliphatic rings. The second-order valence-corrected chi connectivity index (χ2v) is 5.99. The van der Waals surface area contributed by atoms with E-state index in [-0.39, 0.29) is 11.4 Å². The van der Waals surface area contributed by atoms with Crippen LogP contribution in [0.1, 0.15) is 52.9 Å². The molecule has 0 radical (unpaired) electrons. The number of rotatable bonds is 2. The highest BCUT2D eigenvalue weighted by atomic mass is 17.2. The van der Waals surface area contributed by atoms with Crippen molar-refractivity contribution in [2.24, 2.45) is 11.3 Å². The highest BCUT2D eigenvalue weighted by Gasteiger charge is 2.51. The Balaban J connectivity index is 1.91. The van der Waals surface area contributed by atoms with Gasteiger partial charge in [-0.3, -0.25) is 4.89 Å². The van der Waals surface area contributed by atoms with E-state index in [0.29, 0.717) is 0 Å². The molecule has 0 aromatic heterocycles. The molecule has 2 fully saturated rings. The van der Waals surface area contributed by atoms with E-state index in [2.05, 4.69) is 0 Å². The van der Waals surface area contributed by atoms with E-state index < -0.39 is 5.60 Å². The summed E-state index contributed by atoms with van der Waals surface area (Å²) in [6.07, 6.45) is 5.36. The smallest absolute Gasteiger partial charge is 0.297 e. The highest BCUT2D eigenvalue weighted by molar-refractivity contribution is 5.77. The summed E-state index contributed by atoms with van der Waals surface area (Å²) in [6.45, 7) is 5.64. The van der Waals surface area contributed by atoms with E-state index in [1.54, 1.807) is 0 Å². The van der Waals surface area contributed by atoms with Gasteiger partial charge in [-0.1, -0.05) is 0 Å². The minimum atomic E-state index is -0.414.